The molecule has 12 heteroatoms. The van der Waals surface area contributed by atoms with Gasteiger partial charge in [-0.25, -0.2) is 9.78 Å². The Morgan fingerprint density at radius 1 is 1.27 bits per heavy atom. The number of halogens is 5. The van der Waals surface area contributed by atoms with E-state index in [1.807, 2.05) is 4.90 Å². The van der Waals surface area contributed by atoms with Gasteiger partial charge in [-0.15, -0.1) is 5.10 Å². The minimum absolute atomic E-state index is 0.0119. The Hall–Kier alpha value is -2.59. The first-order valence-corrected chi connectivity index (χ1v) is 9.70. The van der Waals surface area contributed by atoms with Crippen molar-refractivity contribution in [3.63, 3.8) is 0 Å². The molecule has 0 spiro atoms. The van der Waals surface area contributed by atoms with Gasteiger partial charge in [0.15, 0.2) is 0 Å². The molecule has 0 unspecified atom stereocenters. The zero-order valence-electron chi connectivity index (χ0n) is 15.5. The fourth-order valence-electron chi connectivity index (χ4n) is 3.61. The van der Waals surface area contributed by atoms with Gasteiger partial charge in [-0.2, -0.15) is 18.3 Å². The monoisotopic (exact) mass is 458 g/mol. The van der Waals surface area contributed by atoms with Gasteiger partial charge in [0.2, 0.25) is 0 Å². The molecule has 7 nitrogen and oxygen atoms in total. The number of alkyl halides is 3. The van der Waals surface area contributed by atoms with Crippen LogP contribution in [0, 0.1) is 0 Å². The molecular formula is C18H15Cl2F3N6O. The Kier molecular flexibility index (Phi) is 5.23. The van der Waals surface area contributed by atoms with Crippen LogP contribution in [0.5, 0.6) is 0 Å². The fraction of sp³-hybridized carbons (Fsp3) is 0.333. The lowest BCUT2D eigenvalue weighted by Crippen LogP contribution is -2.33. The van der Waals surface area contributed by atoms with Crippen LogP contribution in [0.1, 0.15) is 35.5 Å². The third kappa shape index (κ3) is 3.65. The molecule has 1 aliphatic heterocycles. The standard InChI is InChI=1S/C18H15Cl2F3N6O/c1-9(11-3-2-10(19)6-12(11)18(21,22)23)29-14-4-5-28(8-13(14)25-27-29)15-7-24-26-17(30)16(15)20/h2-3,6-7,9H,4-5,8H2,1H3,(H,26,30)/t9-/m1/s1. The van der Waals surface area contributed by atoms with Crippen molar-refractivity contribution in [3.05, 3.63) is 67.3 Å². The third-order valence-corrected chi connectivity index (χ3v) is 5.69. The van der Waals surface area contributed by atoms with E-state index in [0.717, 1.165) is 11.8 Å². The van der Waals surface area contributed by atoms with Gasteiger partial charge < -0.3 is 4.90 Å². The average Bonchev–Trinajstić information content (AvgIpc) is 3.12. The number of nitrogens with zero attached hydrogens (tertiary/aromatic N) is 5. The summed E-state index contributed by atoms with van der Waals surface area (Å²) in [7, 11) is 0. The highest BCUT2D eigenvalue weighted by molar-refractivity contribution is 6.33. The molecule has 3 heterocycles. The highest BCUT2D eigenvalue weighted by Gasteiger charge is 2.36. The molecule has 0 radical (unpaired) electrons. The molecule has 1 atom stereocenters. The van der Waals surface area contributed by atoms with Crippen LogP contribution in [0.15, 0.2) is 29.2 Å². The Morgan fingerprint density at radius 3 is 2.77 bits per heavy atom. The van der Waals surface area contributed by atoms with Gasteiger partial charge in [-0.05, 0) is 24.6 Å². The van der Waals surface area contributed by atoms with Gasteiger partial charge in [0.05, 0.1) is 35.7 Å². The maximum atomic E-state index is 13.5. The summed E-state index contributed by atoms with van der Waals surface area (Å²) in [6.07, 6.45) is -2.63. The van der Waals surface area contributed by atoms with Crippen molar-refractivity contribution in [2.45, 2.75) is 32.1 Å². The number of benzene rings is 1. The van der Waals surface area contributed by atoms with E-state index in [2.05, 4.69) is 20.5 Å². The average molecular weight is 459 g/mol. The van der Waals surface area contributed by atoms with E-state index < -0.39 is 23.3 Å². The van der Waals surface area contributed by atoms with E-state index >= 15 is 0 Å². The quantitative estimate of drug-likeness (QED) is 0.644. The molecular weight excluding hydrogens is 444 g/mol. The van der Waals surface area contributed by atoms with Crippen LogP contribution in [0.2, 0.25) is 10.0 Å². The zero-order valence-corrected chi connectivity index (χ0v) is 17.1. The molecule has 4 rings (SSSR count). The summed E-state index contributed by atoms with van der Waals surface area (Å²) in [6, 6.07) is 3.00. The predicted molar refractivity (Wildman–Crippen MR) is 105 cm³/mol. The fourth-order valence-corrected chi connectivity index (χ4v) is 3.99. The van der Waals surface area contributed by atoms with Gasteiger partial charge in [-0.3, -0.25) is 4.79 Å². The topological polar surface area (TPSA) is 79.7 Å². The van der Waals surface area contributed by atoms with Gasteiger partial charge >= 0.3 is 6.18 Å². The summed E-state index contributed by atoms with van der Waals surface area (Å²) in [5, 5.41) is 14.3. The van der Waals surface area contributed by atoms with Crippen molar-refractivity contribution in [2.24, 2.45) is 0 Å². The number of hydrogen-bond acceptors (Lipinski definition) is 5. The Bertz CT molecular complexity index is 1160. The van der Waals surface area contributed by atoms with Crippen LogP contribution in [-0.4, -0.2) is 31.7 Å². The smallest absolute Gasteiger partial charge is 0.362 e. The van der Waals surface area contributed by atoms with Crippen molar-refractivity contribution in [3.8, 4) is 0 Å². The second kappa shape index (κ2) is 7.59. The molecule has 30 heavy (non-hydrogen) atoms. The molecule has 0 amide bonds. The summed E-state index contributed by atoms with van der Waals surface area (Å²) in [5.41, 5.74) is 0.558. The van der Waals surface area contributed by atoms with E-state index in [9.17, 15) is 18.0 Å². The molecule has 0 saturated heterocycles. The molecule has 3 aromatic rings. The van der Waals surface area contributed by atoms with Crippen LogP contribution in [0.4, 0.5) is 18.9 Å². The molecule has 1 aliphatic rings. The first-order valence-electron chi connectivity index (χ1n) is 8.94. The van der Waals surface area contributed by atoms with Crippen molar-refractivity contribution >= 4 is 28.9 Å². The van der Waals surface area contributed by atoms with E-state index in [1.54, 1.807) is 6.92 Å². The molecule has 1 aromatic carbocycles. The number of aromatic amines is 1. The zero-order chi connectivity index (χ0) is 21.6. The van der Waals surface area contributed by atoms with E-state index in [1.165, 1.54) is 23.0 Å². The normalized spacial score (nSPS) is 15.2. The summed E-state index contributed by atoms with van der Waals surface area (Å²) >= 11 is 11.9. The summed E-state index contributed by atoms with van der Waals surface area (Å²) in [4.78, 5) is 13.5. The maximum absolute atomic E-state index is 13.5. The molecule has 0 aliphatic carbocycles. The summed E-state index contributed by atoms with van der Waals surface area (Å²) in [6.45, 7) is 2.42. The van der Waals surface area contributed by atoms with Crippen molar-refractivity contribution in [2.75, 3.05) is 11.4 Å². The molecule has 0 bridgehead atoms. The lowest BCUT2D eigenvalue weighted by molar-refractivity contribution is -0.138. The summed E-state index contributed by atoms with van der Waals surface area (Å²) < 4.78 is 42.1. The van der Waals surface area contributed by atoms with Crippen molar-refractivity contribution in [1.29, 1.82) is 0 Å². The number of H-pyrrole nitrogens is 1. The highest BCUT2D eigenvalue weighted by Crippen LogP contribution is 2.38. The first kappa shape index (κ1) is 20.7. The second-order valence-electron chi connectivity index (χ2n) is 6.90. The van der Waals surface area contributed by atoms with Crippen LogP contribution >= 0.6 is 23.2 Å². The number of nitrogens with one attached hydrogen (secondary N) is 1. The van der Waals surface area contributed by atoms with E-state index in [4.69, 9.17) is 23.2 Å². The van der Waals surface area contributed by atoms with Gasteiger partial charge in [-0.1, -0.05) is 34.5 Å². The minimum atomic E-state index is -4.55. The van der Waals surface area contributed by atoms with E-state index in [0.29, 0.717) is 30.9 Å². The third-order valence-electron chi connectivity index (χ3n) is 5.09. The predicted octanol–water partition coefficient (Wildman–Crippen LogP) is 3.86. The largest absolute Gasteiger partial charge is 0.416 e. The molecule has 0 fully saturated rings. The number of anilines is 1. The van der Waals surface area contributed by atoms with Gasteiger partial charge in [0.1, 0.15) is 10.7 Å². The molecule has 2 aromatic heterocycles. The van der Waals surface area contributed by atoms with E-state index in [-0.39, 0.29) is 15.6 Å². The van der Waals surface area contributed by atoms with Gasteiger partial charge in [0, 0.05) is 18.0 Å². The number of fused-ring (bicyclic) bond motifs is 1. The van der Waals surface area contributed by atoms with Crippen LogP contribution in [0.25, 0.3) is 0 Å². The minimum Gasteiger partial charge on any atom is -0.362 e. The maximum Gasteiger partial charge on any atom is 0.416 e. The van der Waals surface area contributed by atoms with Crippen LogP contribution in [0.3, 0.4) is 0 Å². The molecule has 158 valence electrons. The SMILES string of the molecule is C[C@H](c1ccc(Cl)cc1C(F)(F)F)n1nnc2c1CCN(c1cn[nH]c(=O)c1Cl)C2. The summed E-state index contributed by atoms with van der Waals surface area (Å²) in [5.74, 6) is 0. The first-order chi connectivity index (χ1) is 14.2. The lowest BCUT2D eigenvalue weighted by Gasteiger charge is -2.29. The highest BCUT2D eigenvalue weighted by atomic mass is 35.5. The van der Waals surface area contributed by atoms with Crippen molar-refractivity contribution in [1.82, 2.24) is 25.2 Å². The Labute approximate surface area is 178 Å². The Morgan fingerprint density at radius 2 is 2.03 bits per heavy atom. The number of rotatable bonds is 3. The van der Waals surface area contributed by atoms with Crippen LogP contribution in [-0.2, 0) is 19.1 Å². The molecule has 0 saturated carbocycles. The Balaban J connectivity index is 1.67. The lowest BCUT2D eigenvalue weighted by atomic mass is 10.00. The van der Waals surface area contributed by atoms with Crippen molar-refractivity contribution < 1.29 is 13.2 Å². The molecule has 1 N–H and O–H groups in total. The second-order valence-corrected chi connectivity index (χ2v) is 7.72. The van der Waals surface area contributed by atoms with Crippen LogP contribution < -0.4 is 10.5 Å². The van der Waals surface area contributed by atoms with Gasteiger partial charge in [0.25, 0.3) is 5.56 Å². The number of aromatic nitrogens is 5. The number of hydrogen-bond donors (Lipinski definition) is 1.